The van der Waals surface area contributed by atoms with E-state index in [4.69, 9.17) is 14.1 Å². The summed E-state index contributed by atoms with van der Waals surface area (Å²) < 4.78 is 15.9. The van der Waals surface area contributed by atoms with Gasteiger partial charge in [-0.05, 0) is 67.4 Å². The second-order valence-corrected chi connectivity index (χ2v) is 15.0. The number of aromatic nitrogens is 2. The van der Waals surface area contributed by atoms with Gasteiger partial charge in [-0.3, -0.25) is 0 Å². The zero-order valence-electron chi connectivity index (χ0n) is 17.8. The number of imidazole rings is 1. The van der Waals surface area contributed by atoms with Crippen molar-refractivity contribution in [3.63, 3.8) is 0 Å². The Morgan fingerprint density at radius 1 is 1.16 bits per heavy atom. The van der Waals surface area contributed by atoms with E-state index in [1.165, 1.54) is 3.70 Å². The van der Waals surface area contributed by atoms with Gasteiger partial charge in [0.1, 0.15) is 16.1 Å². The summed E-state index contributed by atoms with van der Waals surface area (Å²) in [4.78, 5) is 4.86. The molecule has 4 nitrogen and oxygen atoms in total. The van der Waals surface area contributed by atoms with Gasteiger partial charge in [0.15, 0.2) is 8.32 Å². The second kappa shape index (κ2) is 8.40. The van der Waals surface area contributed by atoms with Crippen LogP contribution in [0.1, 0.15) is 72.8 Å². The van der Waals surface area contributed by atoms with E-state index in [2.05, 4.69) is 88.7 Å². The van der Waals surface area contributed by atoms with Gasteiger partial charge in [0.2, 0.25) is 0 Å². The third-order valence-corrected chi connectivity index (χ3v) is 10.7. The summed E-state index contributed by atoms with van der Waals surface area (Å²) in [5, 5.41) is 0.198. The minimum absolute atomic E-state index is 0.198. The minimum atomic E-state index is -1.84. The molecule has 0 radical (unpaired) electrons. The third kappa shape index (κ3) is 6.04. The van der Waals surface area contributed by atoms with Crippen molar-refractivity contribution < 1.29 is 9.16 Å². The normalized spacial score (nSPS) is 13.8. The summed E-state index contributed by atoms with van der Waals surface area (Å²) in [7, 11) is -1.84. The molecule has 0 fully saturated rings. The van der Waals surface area contributed by atoms with Crippen LogP contribution in [0.25, 0.3) is 0 Å². The monoisotopic (exact) mass is 480 g/mol. The molecular weight excluding hydrogens is 443 g/mol. The Morgan fingerprint density at radius 2 is 1.72 bits per heavy atom. The van der Waals surface area contributed by atoms with Gasteiger partial charge in [-0.15, -0.1) is 0 Å². The maximum atomic E-state index is 6.72. The Balaban J connectivity index is 3.14. The van der Waals surface area contributed by atoms with Crippen LogP contribution in [0.3, 0.4) is 0 Å². The Hall–Kier alpha value is 0.0769. The first-order valence-corrected chi connectivity index (χ1v) is 13.2. The molecule has 0 saturated carbocycles. The minimum Gasteiger partial charge on any atom is -0.410 e. The second-order valence-electron chi connectivity index (χ2n) is 9.20. The molecule has 1 aromatic heterocycles. The topological polar surface area (TPSA) is 36.3 Å². The number of nitrogens with zero attached hydrogens (tertiary/aromatic N) is 2. The van der Waals surface area contributed by atoms with E-state index in [0.717, 1.165) is 18.1 Å². The molecule has 0 aliphatic carbocycles. The summed E-state index contributed by atoms with van der Waals surface area (Å²) in [5.74, 6) is 1.40. The van der Waals surface area contributed by atoms with Gasteiger partial charge >= 0.3 is 0 Å². The van der Waals surface area contributed by atoms with Crippen LogP contribution >= 0.6 is 22.6 Å². The first-order valence-electron chi connectivity index (χ1n) is 9.24. The number of hydrogen-bond acceptors (Lipinski definition) is 3. The zero-order valence-corrected chi connectivity index (χ0v) is 20.9. The number of ether oxygens (including phenoxy) is 1. The van der Waals surface area contributed by atoms with Gasteiger partial charge in [-0.2, -0.15) is 0 Å². The van der Waals surface area contributed by atoms with Crippen molar-refractivity contribution in [1.29, 1.82) is 0 Å². The van der Waals surface area contributed by atoms with Crippen molar-refractivity contribution in [2.75, 3.05) is 6.61 Å². The summed E-state index contributed by atoms with van der Waals surface area (Å²) in [5.41, 5.74) is 0.900. The van der Waals surface area contributed by atoms with Crippen molar-refractivity contribution >= 4 is 30.9 Å². The smallest absolute Gasteiger partial charge is 0.192 e. The average molecular weight is 481 g/mol. The molecule has 1 rings (SSSR count). The molecule has 6 heteroatoms. The average Bonchev–Trinajstić information content (AvgIpc) is 2.71. The Bertz CT molecular complexity index is 575. The standard InChI is InChI=1S/C19H37IN2O2Si/c1-11-23-12-15-21-16(14(2)3)17(20)22(15)13-19(7,8)24-25(9,10)18(4,5)6/h14H,11-13H2,1-10H3. The molecule has 0 spiro atoms. The lowest BCUT2D eigenvalue weighted by Crippen LogP contribution is -2.49. The van der Waals surface area contributed by atoms with Crippen LogP contribution in [0.4, 0.5) is 0 Å². The molecule has 1 heterocycles. The van der Waals surface area contributed by atoms with E-state index < -0.39 is 8.32 Å². The molecule has 0 aromatic carbocycles. The van der Waals surface area contributed by atoms with Crippen molar-refractivity contribution in [2.24, 2.45) is 0 Å². The van der Waals surface area contributed by atoms with Crippen LogP contribution in [0.15, 0.2) is 0 Å². The van der Waals surface area contributed by atoms with E-state index in [1.807, 2.05) is 6.92 Å². The fourth-order valence-corrected chi connectivity index (χ4v) is 5.53. The predicted octanol–water partition coefficient (Wildman–Crippen LogP) is 5.95. The highest BCUT2D eigenvalue weighted by Gasteiger charge is 2.41. The molecule has 0 bridgehead atoms. The van der Waals surface area contributed by atoms with Gasteiger partial charge < -0.3 is 13.7 Å². The molecule has 0 amide bonds. The number of hydrogen-bond donors (Lipinski definition) is 0. The van der Waals surface area contributed by atoms with E-state index in [-0.39, 0.29) is 10.6 Å². The highest BCUT2D eigenvalue weighted by molar-refractivity contribution is 14.1. The van der Waals surface area contributed by atoms with Crippen molar-refractivity contribution in [3.05, 3.63) is 15.2 Å². The Kier molecular flexibility index (Phi) is 7.76. The van der Waals surface area contributed by atoms with Crippen molar-refractivity contribution in [3.8, 4) is 0 Å². The maximum Gasteiger partial charge on any atom is 0.192 e. The molecule has 0 N–H and O–H groups in total. The lowest BCUT2D eigenvalue weighted by Gasteiger charge is -2.43. The van der Waals surface area contributed by atoms with Gasteiger partial charge in [0.25, 0.3) is 0 Å². The van der Waals surface area contributed by atoms with E-state index >= 15 is 0 Å². The van der Waals surface area contributed by atoms with Crippen LogP contribution in [0, 0.1) is 3.70 Å². The fourth-order valence-electron chi connectivity index (χ4n) is 2.59. The van der Waals surface area contributed by atoms with Gasteiger partial charge in [0, 0.05) is 6.61 Å². The molecule has 0 aliphatic heterocycles. The van der Waals surface area contributed by atoms with Gasteiger partial charge in [-0.25, -0.2) is 4.98 Å². The van der Waals surface area contributed by atoms with Gasteiger partial charge in [-0.1, -0.05) is 34.6 Å². The van der Waals surface area contributed by atoms with Crippen LogP contribution in [-0.2, 0) is 22.3 Å². The van der Waals surface area contributed by atoms with Gasteiger partial charge in [0.05, 0.1) is 17.8 Å². The Morgan fingerprint density at radius 3 is 2.16 bits per heavy atom. The predicted molar refractivity (Wildman–Crippen MR) is 117 cm³/mol. The van der Waals surface area contributed by atoms with Crippen LogP contribution < -0.4 is 0 Å². The summed E-state index contributed by atoms with van der Waals surface area (Å²) >= 11 is 2.42. The summed E-state index contributed by atoms with van der Waals surface area (Å²) in [6.45, 7) is 24.3. The zero-order chi connectivity index (χ0) is 19.6. The quantitative estimate of drug-likeness (QED) is 0.341. The third-order valence-electron chi connectivity index (χ3n) is 4.87. The first-order chi connectivity index (χ1) is 11.2. The van der Waals surface area contributed by atoms with Crippen LogP contribution in [-0.4, -0.2) is 30.1 Å². The van der Waals surface area contributed by atoms with Crippen molar-refractivity contribution in [1.82, 2.24) is 9.55 Å². The maximum absolute atomic E-state index is 6.72. The Labute approximate surface area is 169 Å². The molecule has 1 aromatic rings. The molecule has 25 heavy (non-hydrogen) atoms. The molecule has 0 atom stereocenters. The molecular formula is C19H37IN2O2Si. The lowest BCUT2D eigenvalue weighted by atomic mass is 10.1. The molecule has 0 saturated heterocycles. The highest BCUT2D eigenvalue weighted by atomic mass is 127. The van der Waals surface area contributed by atoms with Crippen LogP contribution in [0.5, 0.6) is 0 Å². The van der Waals surface area contributed by atoms with Crippen LogP contribution in [0.2, 0.25) is 18.1 Å². The highest BCUT2D eigenvalue weighted by Crippen LogP contribution is 2.39. The molecule has 0 aliphatic rings. The number of rotatable bonds is 8. The summed E-state index contributed by atoms with van der Waals surface area (Å²) in [6.07, 6.45) is 0. The van der Waals surface area contributed by atoms with E-state index in [1.54, 1.807) is 0 Å². The lowest BCUT2D eigenvalue weighted by molar-refractivity contribution is 0.0668. The molecule has 0 unspecified atom stereocenters. The van der Waals surface area contributed by atoms with E-state index in [0.29, 0.717) is 19.1 Å². The van der Waals surface area contributed by atoms with Crippen molar-refractivity contribution in [2.45, 2.75) is 98.2 Å². The molecule has 146 valence electrons. The first kappa shape index (κ1) is 23.1. The SMILES string of the molecule is CCOCc1nc(C(C)C)c(I)n1CC(C)(C)O[Si](C)(C)C(C)(C)C. The summed E-state index contributed by atoms with van der Waals surface area (Å²) in [6, 6.07) is 0. The van der Waals surface area contributed by atoms with E-state index in [9.17, 15) is 0 Å². The number of halogens is 1. The largest absolute Gasteiger partial charge is 0.410 e. The fraction of sp³-hybridized carbons (Fsp3) is 0.842.